The maximum Gasteiger partial charge on any atom is 0.202 e. The standard InChI is InChI=1S/C24H21NO3S/c1-3-18-12-19-22(28-14-20(23(19)26)24-25-16(2)15-29-24)13-21(18)27-11-7-10-17-8-5-4-6-9-17/h4-10,12-15H,3,11H2,1-2H3. The van der Waals surface area contributed by atoms with Crippen LogP contribution < -0.4 is 10.2 Å². The molecule has 146 valence electrons. The van der Waals surface area contributed by atoms with Gasteiger partial charge in [0, 0.05) is 17.1 Å². The molecule has 4 rings (SSSR count). The molecule has 0 unspecified atom stereocenters. The molecule has 2 aromatic carbocycles. The number of fused-ring (bicyclic) bond motifs is 1. The van der Waals surface area contributed by atoms with Crippen molar-refractivity contribution in [2.75, 3.05) is 6.61 Å². The molecule has 0 aliphatic carbocycles. The summed E-state index contributed by atoms with van der Waals surface area (Å²) in [6.07, 6.45) is 6.25. The molecular weight excluding hydrogens is 382 g/mol. The topological polar surface area (TPSA) is 52.3 Å². The molecule has 29 heavy (non-hydrogen) atoms. The molecular formula is C24H21NO3S. The minimum atomic E-state index is -0.0641. The second-order valence-electron chi connectivity index (χ2n) is 6.71. The molecule has 0 N–H and O–H groups in total. The van der Waals surface area contributed by atoms with E-state index in [0.29, 0.717) is 28.1 Å². The SMILES string of the molecule is CCc1cc2c(=O)c(-c3nc(C)cs3)coc2cc1OCC=Cc1ccccc1. The lowest BCUT2D eigenvalue weighted by Gasteiger charge is -2.10. The van der Waals surface area contributed by atoms with Crippen molar-refractivity contribution in [3.8, 4) is 16.3 Å². The first-order valence-corrected chi connectivity index (χ1v) is 10.4. The lowest BCUT2D eigenvalue weighted by molar-refractivity contribution is 0.359. The van der Waals surface area contributed by atoms with Crippen LogP contribution in [0.2, 0.25) is 0 Å². The van der Waals surface area contributed by atoms with Crippen molar-refractivity contribution < 1.29 is 9.15 Å². The van der Waals surface area contributed by atoms with Crippen LogP contribution in [-0.4, -0.2) is 11.6 Å². The van der Waals surface area contributed by atoms with Gasteiger partial charge in [0.2, 0.25) is 5.43 Å². The van der Waals surface area contributed by atoms with Crippen LogP contribution in [-0.2, 0) is 6.42 Å². The van der Waals surface area contributed by atoms with Gasteiger partial charge in [-0.2, -0.15) is 0 Å². The smallest absolute Gasteiger partial charge is 0.202 e. The van der Waals surface area contributed by atoms with Gasteiger partial charge in [-0.15, -0.1) is 11.3 Å². The molecule has 0 amide bonds. The average molecular weight is 404 g/mol. The van der Waals surface area contributed by atoms with E-state index in [9.17, 15) is 4.79 Å². The summed E-state index contributed by atoms with van der Waals surface area (Å²) in [6, 6.07) is 13.8. The Balaban J connectivity index is 1.62. The number of thiazole rings is 1. The van der Waals surface area contributed by atoms with Crippen LogP contribution in [0.25, 0.3) is 27.6 Å². The quantitative estimate of drug-likeness (QED) is 0.403. The predicted molar refractivity (Wildman–Crippen MR) is 119 cm³/mol. The Morgan fingerprint density at radius 3 is 2.76 bits per heavy atom. The summed E-state index contributed by atoms with van der Waals surface area (Å²) in [6.45, 7) is 4.39. The van der Waals surface area contributed by atoms with Crippen LogP contribution in [0.3, 0.4) is 0 Å². The van der Waals surface area contributed by atoms with Gasteiger partial charge in [0.1, 0.15) is 29.2 Å². The molecule has 0 spiro atoms. The van der Waals surface area contributed by atoms with Crippen molar-refractivity contribution in [1.82, 2.24) is 4.98 Å². The lowest BCUT2D eigenvalue weighted by Crippen LogP contribution is -2.06. The minimum Gasteiger partial charge on any atom is -0.489 e. The van der Waals surface area contributed by atoms with E-state index < -0.39 is 0 Å². The zero-order valence-corrected chi connectivity index (χ0v) is 17.2. The van der Waals surface area contributed by atoms with Crippen molar-refractivity contribution in [3.63, 3.8) is 0 Å². The number of hydrogen-bond donors (Lipinski definition) is 0. The van der Waals surface area contributed by atoms with Gasteiger partial charge in [-0.1, -0.05) is 43.3 Å². The Hall–Kier alpha value is -3.18. The van der Waals surface area contributed by atoms with E-state index in [1.165, 1.54) is 17.6 Å². The largest absolute Gasteiger partial charge is 0.489 e. The first-order chi connectivity index (χ1) is 14.2. The molecule has 4 nitrogen and oxygen atoms in total. The first kappa shape index (κ1) is 19.2. The Morgan fingerprint density at radius 2 is 2.03 bits per heavy atom. The zero-order valence-electron chi connectivity index (χ0n) is 16.3. The summed E-state index contributed by atoms with van der Waals surface area (Å²) >= 11 is 1.45. The van der Waals surface area contributed by atoms with Gasteiger partial charge in [-0.25, -0.2) is 4.98 Å². The Bertz CT molecular complexity index is 1220. The molecule has 2 aromatic heterocycles. The lowest BCUT2D eigenvalue weighted by atomic mass is 10.1. The summed E-state index contributed by atoms with van der Waals surface area (Å²) < 4.78 is 11.7. The van der Waals surface area contributed by atoms with Crippen LogP contribution in [0, 0.1) is 6.92 Å². The maximum atomic E-state index is 13.0. The van der Waals surface area contributed by atoms with E-state index in [4.69, 9.17) is 9.15 Å². The van der Waals surface area contributed by atoms with Crippen LogP contribution in [0.1, 0.15) is 23.7 Å². The normalized spacial score (nSPS) is 11.4. The molecule has 2 heterocycles. The molecule has 4 aromatic rings. The van der Waals surface area contributed by atoms with Crippen LogP contribution in [0.4, 0.5) is 0 Å². The van der Waals surface area contributed by atoms with Gasteiger partial charge < -0.3 is 9.15 Å². The van der Waals surface area contributed by atoms with Crippen LogP contribution >= 0.6 is 11.3 Å². The third kappa shape index (κ3) is 4.15. The number of benzene rings is 2. The van der Waals surface area contributed by atoms with Crippen molar-refractivity contribution in [3.05, 3.63) is 87.2 Å². The number of aromatic nitrogens is 1. The third-order valence-electron chi connectivity index (χ3n) is 4.63. The average Bonchev–Trinajstić information content (AvgIpc) is 3.18. The van der Waals surface area contributed by atoms with Gasteiger partial charge in [0.15, 0.2) is 0 Å². The fourth-order valence-corrected chi connectivity index (χ4v) is 3.92. The van der Waals surface area contributed by atoms with Gasteiger partial charge in [0.25, 0.3) is 0 Å². The number of hydrogen-bond acceptors (Lipinski definition) is 5. The monoisotopic (exact) mass is 403 g/mol. The van der Waals surface area contributed by atoms with E-state index in [1.807, 2.05) is 73.8 Å². The molecule has 0 aliphatic rings. The molecule has 0 bridgehead atoms. The van der Waals surface area contributed by atoms with Crippen molar-refractivity contribution in [2.24, 2.45) is 0 Å². The number of rotatable bonds is 6. The fourth-order valence-electron chi connectivity index (χ4n) is 3.12. The van der Waals surface area contributed by atoms with E-state index in [-0.39, 0.29) is 5.43 Å². The summed E-state index contributed by atoms with van der Waals surface area (Å²) in [5.41, 5.74) is 3.95. The molecule has 0 saturated heterocycles. The van der Waals surface area contributed by atoms with Gasteiger partial charge in [0.05, 0.1) is 10.9 Å². The molecule has 5 heteroatoms. The van der Waals surface area contributed by atoms with Crippen molar-refractivity contribution in [1.29, 1.82) is 0 Å². The van der Waals surface area contributed by atoms with E-state index in [0.717, 1.165) is 29.0 Å². The highest BCUT2D eigenvalue weighted by Crippen LogP contribution is 2.28. The summed E-state index contributed by atoms with van der Waals surface area (Å²) in [5.74, 6) is 0.735. The highest BCUT2D eigenvalue weighted by Gasteiger charge is 2.14. The van der Waals surface area contributed by atoms with Crippen molar-refractivity contribution in [2.45, 2.75) is 20.3 Å². The van der Waals surface area contributed by atoms with Gasteiger partial charge in [-0.3, -0.25) is 4.79 Å². The Kier molecular flexibility index (Phi) is 5.58. The van der Waals surface area contributed by atoms with Gasteiger partial charge in [-0.05, 0) is 36.6 Å². The van der Waals surface area contributed by atoms with E-state index >= 15 is 0 Å². The molecule has 0 fully saturated rings. The first-order valence-electron chi connectivity index (χ1n) is 9.51. The van der Waals surface area contributed by atoms with Crippen LogP contribution in [0.5, 0.6) is 5.75 Å². The predicted octanol–water partition coefficient (Wildman–Crippen LogP) is 5.88. The second-order valence-corrected chi connectivity index (χ2v) is 7.56. The summed E-state index contributed by atoms with van der Waals surface area (Å²) in [7, 11) is 0. The molecule has 0 saturated carbocycles. The molecule has 0 aliphatic heterocycles. The number of nitrogens with zero attached hydrogens (tertiary/aromatic N) is 1. The van der Waals surface area contributed by atoms with Crippen molar-refractivity contribution >= 4 is 28.4 Å². The highest BCUT2D eigenvalue weighted by atomic mass is 32.1. The molecule has 0 radical (unpaired) electrons. The zero-order chi connectivity index (χ0) is 20.2. The second kappa shape index (κ2) is 8.45. The highest BCUT2D eigenvalue weighted by molar-refractivity contribution is 7.13. The van der Waals surface area contributed by atoms with Gasteiger partial charge >= 0.3 is 0 Å². The maximum absolute atomic E-state index is 13.0. The summed E-state index contributed by atoms with van der Waals surface area (Å²) in [4.78, 5) is 17.4. The molecule has 0 atom stereocenters. The number of ether oxygens (including phenoxy) is 1. The summed E-state index contributed by atoms with van der Waals surface area (Å²) in [5, 5.41) is 3.16. The van der Waals surface area contributed by atoms with E-state index in [1.54, 1.807) is 0 Å². The van der Waals surface area contributed by atoms with E-state index in [2.05, 4.69) is 4.98 Å². The Labute approximate surface area is 173 Å². The third-order valence-corrected chi connectivity index (χ3v) is 5.62. The fraction of sp³-hybridized carbons (Fsp3) is 0.167. The minimum absolute atomic E-state index is 0.0641. The Morgan fingerprint density at radius 1 is 1.21 bits per heavy atom. The van der Waals surface area contributed by atoms with Crippen LogP contribution in [0.15, 0.2) is 69.4 Å². The number of aryl methyl sites for hydroxylation is 2.